The van der Waals surface area contributed by atoms with Crippen molar-refractivity contribution >= 4 is 11.6 Å². The van der Waals surface area contributed by atoms with Crippen molar-refractivity contribution in [2.75, 3.05) is 25.1 Å². The van der Waals surface area contributed by atoms with Crippen molar-refractivity contribution in [3.05, 3.63) is 29.1 Å². The number of aryl methyl sites for hydroxylation is 1. The van der Waals surface area contributed by atoms with Crippen molar-refractivity contribution in [3.8, 4) is 0 Å². The van der Waals surface area contributed by atoms with Crippen molar-refractivity contribution < 1.29 is 9.18 Å². The number of benzene rings is 1. The summed E-state index contributed by atoms with van der Waals surface area (Å²) in [7, 11) is 0. The first-order valence-electron chi connectivity index (χ1n) is 9.88. The van der Waals surface area contributed by atoms with Gasteiger partial charge in [0.25, 0.3) is 0 Å². The van der Waals surface area contributed by atoms with Gasteiger partial charge in [-0.3, -0.25) is 4.79 Å². The van der Waals surface area contributed by atoms with Gasteiger partial charge in [-0.1, -0.05) is 12.5 Å². The molecule has 2 heterocycles. The van der Waals surface area contributed by atoms with Gasteiger partial charge < -0.3 is 21.3 Å². The van der Waals surface area contributed by atoms with Crippen molar-refractivity contribution in [3.63, 3.8) is 0 Å². The lowest BCUT2D eigenvalue weighted by atomic mass is 9.77. The Hall–Kier alpha value is -1.66. The van der Waals surface area contributed by atoms with E-state index in [1.54, 1.807) is 6.07 Å². The molecule has 142 valence electrons. The second kappa shape index (κ2) is 7.53. The predicted octanol–water partition coefficient (Wildman–Crippen LogP) is 1.91. The summed E-state index contributed by atoms with van der Waals surface area (Å²) in [5.41, 5.74) is 2.43. The van der Waals surface area contributed by atoms with Gasteiger partial charge in [-0.25, -0.2) is 4.39 Å². The molecule has 1 aromatic carbocycles. The quantitative estimate of drug-likeness (QED) is 0.665. The van der Waals surface area contributed by atoms with Crippen LogP contribution in [0.25, 0.3) is 0 Å². The molecule has 3 atom stereocenters. The lowest BCUT2D eigenvalue weighted by Gasteiger charge is -2.37. The highest BCUT2D eigenvalue weighted by Gasteiger charge is 2.34. The van der Waals surface area contributed by atoms with Crippen LogP contribution >= 0.6 is 0 Å². The zero-order valence-corrected chi connectivity index (χ0v) is 15.4. The number of carbonyl (C=O) groups is 1. The molecule has 0 radical (unpaired) electrons. The van der Waals surface area contributed by atoms with Crippen LogP contribution < -0.4 is 21.3 Å². The first-order chi connectivity index (χ1) is 12.6. The van der Waals surface area contributed by atoms with E-state index >= 15 is 0 Å². The average Bonchev–Trinajstić information content (AvgIpc) is 3.13. The highest BCUT2D eigenvalue weighted by Crippen LogP contribution is 2.33. The van der Waals surface area contributed by atoms with Gasteiger partial charge >= 0.3 is 0 Å². The van der Waals surface area contributed by atoms with Crippen LogP contribution in [0.5, 0.6) is 0 Å². The SMILES string of the molecule is Cc1ccc(F)c2c1NC(C(=O)N[C@@H]1CCC[C@H](C3CNCNC3)C1)C2. The maximum Gasteiger partial charge on any atom is 0.243 e. The standard InChI is InChI=1S/C20H29FN4O/c1-12-5-6-17(21)16-8-18(25-19(12)16)20(26)24-15-4-2-3-13(7-15)14-9-22-11-23-10-14/h5-6,13-15,18,22-23,25H,2-4,7-11H2,1H3,(H,24,26)/t13-,15+,18?/m0/s1. The fraction of sp³-hybridized carbons (Fsp3) is 0.650. The third-order valence-electron chi connectivity index (χ3n) is 6.30. The van der Waals surface area contributed by atoms with E-state index < -0.39 is 0 Å². The maximum atomic E-state index is 14.0. The Morgan fingerprint density at radius 1 is 1.19 bits per heavy atom. The zero-order valence-electron chi connectivity index (χ0n) is 15.4. The Labute approximate surface area is 154 Å². The second-order valence-electron chi connectivity index (χ2n) is 8.10. The molecular formula is C20H29FN4O. The Morgan fingerprint density at radius 2 is 2.00 bits per heavy atom. The Morgan fingerprint density at radius 3 is 2.77 bits per heavy atom. The average molecular weight is 360 g/mol. The molecule has 4 N–H and O–H groups in total. The summed E-state index contributed by atoms with van der Waals surface area (Å²) in [4.78, 5) is 12.8. The number of hydrogen-bond acceptors (Lipinski definition) is 4. The number of rotatable bonds is 3. The first kappa shape index (κ1) is 17.7. The van der Waals surface area contributed by atoms with Gasteiger partial charge in [-0.05, 0) is 49.7 Å². The minimum Gasteiger partial charge on any atom is -0.373 e. The zero-order chi connectivity index (χ0) is 18.1. The molecule has 4 rings (SSSR count). The van der Waals surface area contributed by atoms with E-state index in [-0.39, 0.29) is 23.8 Å². The summed E-state index contributed by atoms with van der Waals surface area (Å²) in [5, 5.41) is 13.3. The molecule has 3 aliphatic rings. The van der Waals surface area contributed by atoms with E-state index in [9.17, 15) is 9.18 Å². The van der Waals surface area contributed by atoms with Crippen molar-refractivity contribution in [1.29, 1.82) is 0 Å². The van der Waals surface area contributed by atoms with Crippen LogP contribution in [0, 0.1) is 24.6 Å². The van der Waals surface area contributed by atoms with Crippen LogP contribution in [0.3, 0.4) is 0 Å². The molecule has 6 heteroatoms. The van der Waals surface area contributed by atoms with Gasteiger partial charge in [0.1, 0.15) is 11.9 Å². The molecule has 0 spiro atoms. The minimum atomic E-state index is -0.362. The third kappa shape index (κ3) is 3.58. The Balaban J connectivity index is 1.35. The van der Waals surface area contributed by atoms with Crippen molar-refractivity contribution in [1.82, 2.24) is 16.0 Å². The lowest BCUT2D eigenvalue weighted by molar-refractivity contribution is -0.122. The fourth-order valence-electron chi connectivity index (χ4n) is 4.83. The van der Waals surface area contributed by atoms with Crippen LogP contribution in [0.1, 0.15) is 36.8 Å². The highest BCUT2D eigenvalue weighted by molar-refractivity contribution is 5.88. The van der Waals surface area contributed by atoms with Gasteiger partial charge in [0.2, 0.25) is 5.91 Å². The van der Waals surface area contributed by atoms with Crippen molar-refractivity contribution in [2.24, 2.45) is 11.8 Å². The molecule has 2 fully saturated rings. The molecule has 2 aliphatic heterocycles. The molecule has 1 unspecified atom stereocenters. The number of halogens is 1. The molecule has 1 saturated heterocycles. The number of nitrogens with one attached hydrogen (secondary N) is 4. The lowest BCUT2D eigenvalue weighted by Crippen LogP contribution is -2.50. The summed E-state index contributed by atoms with van der Waals surface area (Å²) >= 11 is 0. The number of carbonyl (C=O) groups excluding carboxylic acids is 1. The molecule has 26 heavy (non-hydrogen) atoms. The summed E-state index contributed by atoms with van der Waals surface area (Å²) in [6, 6.07) is 3.13. The molecule has 0 bridgehead atoms. The molecule has 1 aromatic rings. The highest BCUT2D eigenvalue weighted by atomic mass is 19.1. The van der Waals surface area contributed by atoms with Crippen molar-refractivity contribution in [2.45, 2.75) is 51.1 Å². The van der Waals surface area contributed by atoms with E-state index in [0.29, 0.717) is 23.8 Å². The first-order valence-corrected chi connectivity index (χ1v) is 9.88. The summed E-state index contributed by atoms with van der Waals surface area (Å²) in [6.45, 7) is 4.98. The molecule has 5 nitrogen and oxygen atoms in total. The smallest absolute Gasteiger partial charge is 0.243 e. The molecule has 0 aromatic heterocycles. The predicted molar refractivity (Wildman–Crippen MR) is 101 cm³/mol. The van der Waals surface area contributed by atoms with Gasteiger partial charge in [0, 0.05) is 43.5 Å². The fourth-order valence-corrected chi connectivity index (χ4v) is 4.83. The third-order valence-corrected chi connectivity index (χ3v) is 6.30. The summed E-state index contributed by atoms with van der Waals surface area (Å²) in [5.74, 6) is 1.09. The normalized spacial score (nSPS) is 29.1. The monoisotopic (exact) mass is 360 g/mol. The van der Waals surface area contributed by atoms with Crippen LogP contribution in [0.2, 0.25) is 0 Å². The molecule has 1 aliphatic carbocycles. The number of anilines is 1. The van der Waals surface area contributed by atoms with Crippen LogP contribution in [0.4, 0.5) is 10.1 Å². The van der Waals surface area contributed by atoms with Crippen LogP contribution in [-0.4, -0.2) is 37.7 Å². The van der Waals surface area contributed by atoms with Gasteiger partial charge in [-0.15, -0.1) is 0 Å². The van der Waals surface area contributed by atoms with Gasteiger partial charge in [0.05, 0.1) is 0 Å². The van der Waals surface area contributed by atoms with E-state index in [2.05, 4.69) is 21.3 Å². The summed E-state index contributed by atoms with van der Waals surface area (Å²) < 4.78 is 14.0. The van der Waals surface area contributed by atoms with E-state index in [0.717, 1.165) is 50.3 Å². The molecular weight excluding hydrogens is 331 g/mol. The Bertz CT molecular complexity index is 643. The number of hydrogen-bond donors (Lipinski definition) is 4. The van der Waals surface area contributed by atoms with Gasteiger partial charge in [0.15, 0.2) is 0 Å². The Kier molecular flexibility index (Phi) is 5.14. The van der Waals surface area contributed by atoms with E-state index in [4.69, 9.17) is 0 Å². The number of amides is 1. The van der Waals surface area contributed by atoms with E-state index in [1.807, 2.05) is 6.92 Å². The van der Waals surface area contributed by atoms with Gasteiger partial charge in [-0.2, -0.15) is 0 Å². The summed E-state index contributed by atoms with van der Waals surface area (Å²) in [6.07, 6.45) is 4.94. The molecule has 1 saturated carbocycles. The molecule has 1 amide bonds. The van der Waals surface area contributed by atoms with E-state index in [1.165, 1.54) is 12.5 Å². The minimum absolute atomic E-state index is 0.00513. The topological polar surface area (TPSA) is 65.2 Å². The van der Waals surface area contributed by atoms with Crippen LogP contribution in [0.15, 0.2) is 12.1 Å². The van der Waals surface area contributed by atoms with Crippen LogP contribution in [-0.2, 0) is 11.2 Å². The largest absolute Gasteiger partial charge is 0.373 e. The number of fused-ring (bicyclic) bond motifs is 1. The maximum absolute atomic E-state index is 14.0. The second-order valence-corrected chi connectivity index (χ2v) is 8.10.